The first kappa shape index (κ1) is 32.8. The molecule has 15 heteroatoms. The van der Waals surface area contributed by atoms with Gasteiger partial charge in [0, 0.05) is 36.3 Å². The number of hydrogen-bond donors (Lipinski definition) is 3. The molecule has 0 amide bonds. The number of nitrogens with two attached hydrogens (primary N) is 1. The summed E-state index contributed by atoms with van der Waals surface area (Å²) >= 11 is 6.21. The van der Waals surface area contributed by atoms with Gasteiger partial charge in [0.15, 0.2) is 9.84 Å². The van der Waals surface area contributed by atoms with Gasteiger partial charge in [0.2, 0.25) is 17.9 Å². The summed E-state index contributed by atoms with van der Waals surface area (Å²) in [5.41, 5.74) is 5.71. The van der Waals surface area contributed by atoms with Crippen molar-refractivity contribution >= 4 is 39.2 Å². The molecule has 45 heavy (non-hydrogen) atoms. The Hall–Kier alpha value is -3.62. The molecular formula is C30H33ClF3N5O5S. The third-order valence-electron chi connectivity index (χ3n) is 8.32. The van der Waals surface area contributed by atoms with Gasteiger partial charge < -0.3 is 25.8 Å². The Morgan fingerprint density at radius 1 is 1.20 bits per heavy atom. The van der Waals surface area contributed by atoms with Crippen molar-refractivity contribution in [3.05, 3.63) is 59.1 Å². The van der Waals surface area contributed by atoms with Gasteiger partial charge >= 0.3 is 12.1 Å². The van der Waals surface area contributed by atoms with Gasteiger partial charge in [-0.05, 0) is 66.5 Å². The van der Waals surface area contributed by atoms with E-state index in [0.717, 1.165) is 0 Å². The fourth-order valence-corrected chi connectivity index (χ4v) is 7.55. The molecule has 0 radical (unpaired) electrons. The van der Waals surface area contributed by atoms with Crippen LogP contribution in [0.1, 0.15) is 44.3 Å². The fourth-order valence-electron chi connectivity index (χ4n) is 6.01. The lowest BCUT2D eigenvalue weighted by Gasteiger charge is -2.39. The summed E-state index contributed by atoms with van der Waals surface area (Å²) in [5.74, 6) is -1.38. The molecule has 2 aliphatic rings. The van der Waals surface area contributed by atoms with Gasteiger partial charge in [-0.2, -0.15) is 23.1 Å². The predicted octanol–water partition coefficient (Wildman–Crippen LogP) is 5.28. The van der Waals surface area contributed by atoms with E-state index in [1.54, 1.807) is 6.92 Å². The lowest BCUT2D eigenvalue weighted by Crippen LogP contribution is -2.41. The first-order valence-electron chi connectivity index (χ1n) is 14.4. The Morgan fingerprint density at radius 2 is 1.93 bits per heavy atom. The Morgan fingerprint density at radius 3 is 2.58 bits per heavy atom. The SMILES string of the molecule is CCCS(=O)(=O)c1cccc(-c2cc(Cl)ccc2C(Oc2cc(N3CCC4(CC3)CNC(C(=O)O)C4)nc(N)n2)C(F)(F)F)c1. The molecule has 1 spiro atoms. The molecule has 2 aromatic carbocycles. The Kier molecular flexibility index (Phi) is 9.20. The number of piperidine rings is 1. The Bertz CT molecular complexity index is 1680. The van der Waals surface area contributed by atoms with Gasteiger partial charge in [0.25, 0.3) is 0 Å². The maximum atomic E-state index is 14.7. The van der Waals surface area contributed by atoms with Crippen LogP contribution in [0.4, 0.5) is 24.9 Å². The second-order valence-electron chi connectivity index (χ2n) is 11.5. The molecule has 2 unspecified atom stereocenters. The number of nitrogens with one attached hydrogen (secondary N) is 1. The Balaban J connectivity index is 1.44. The van der Waals surface area contributed by atoms with Crippen LogP contribution in [0, 0.1) is 5.41 Å². The van der Waals surface area contributed by atoms with E-state index in [9.17, 15) is 31.5 Å². The summed E-state index contributed by atoms with van der Waals surface area (Å²) in [6.07, 6.45) is -5.22. The molecule has 1 aromatic heterocycles. The number of ether oxygens (including phenoxy) is 1. The van der Waals surface area contributed by atoms with Crippen LogP contribution < -0.4 is 20.7 Å². The summed E-state index contributed by atoms with van der Waals surface area (Å²) < 4.78 is 75.0. The van der Waals surface area contributed by atoms with Crippen molar-refractivity contribution in [2.24, 2.45) is 5.41 Å². The van der Waals surface area contributed by atoms with E-state index in [1.165, 1.54) is 48.5 Å². The molecule has 0 bridgehead atoms. The zero-order valence-corrected chi connectivity index (χ0v) is 25.9. The second-order valence-corrected chi connectivity index (χ2v) is 14.0. The van der Waals surface area contributed by atoms with Crippen LogP contribution in [0.5, 0.6) is 5.88 Å². The molecule has 2 aliphatic heterocycles. The van der Waals surface area contributed by atoms with Gasteiger partial charge in [-0.3, -0.25) is 4.79 Å². The first-order chi connectivity index (χ1) is 21.2. The third-order valence-corrected chi connectivity index (χ3v) is 10.5. The number of alkyl halides is 3. The van der Waals surface area contributed by atoms with E-state index < -0.39 is 40.0 Å². The molecule has 2 fully saturated rings. The van der Waals surface area contributed by atoms with E-state index in [1.807, 2.05) is 4.90 Å². The van der Waals surface area contributed by atoms with Crippen molar-refractivity contribution in [2.45, 2.75) is 55.8 Å². The van der Waals surface area contributed by atoms with Crippen molar-refractivity contribution in [3.63, 3.8) is 0 Å². The van der Waals surface area contributed by atoms with Crippen LogP contribution >= 0.6 is 11.6 Å². The quantitative estimate of drug-likeness (QED) is 0.275. The summed E-state index contributed by atoms with van der Waals surface area (Å²) in [6.45, 7) is 3.27. The number of halogens is 4. The number of carbonyl (C=O) groups is 1. The fraction of sp³-hybridized carbons (Fsp3) is 0.433. The monoisotopic (exact) mass is 667 g/mol. The lowest BCUT2D eigenvalue weighted by atomic mass is 9.76. The zero-order chi connectivity index (χ0) is 32.6. The molecule has 2 atom stereocenters. The minimum absolute atomic E-state index is 0.0133. The highest BCUT2D eigenvalue weighted by Crippen LogP contribution is 2.43. The molecule has 242 valence electrons. The predicted molar refractivity (Wildman–Crippen MR) is 163 cm³/mol. The number of benzene rings is 2. The number of carboxylic acids is 1. The molecule has 2 saturated heterocycles. The second kappa shape index (κ2) is 12.6. The van der Waals surface area contributed by atoms with Crippen molar-refractivity contribution in [1.29, 1.82) is 0 Å². The average Bonchev–Trinajstić information content (AvgIpc) is 3.39. The number of nitrogens with zero attached hydrogens (tertiary/aromatic N) is 3. The van der Waals surface area contributed by atoms with E-state index in [0.29, 0.717) is 51.1 Å². The van der Waals surface area contributed by atoms with Gasteiger partial charge in [-0.15, -0.1) is 0 Å². The molecule has 0 saturated carbocycles. The average molecular weight is 668 g/mol. The lowest BCUT2D eigenvalue weighted by molar-refractivity contribution is -0.198. The van der Waals surface area contributed by atoms with Gasteiger partial charge in [-0.1, -0.05) is 36.7 Å². The van der Waals surface area contributed by atoms with Crippen molar-refractivity contribution in [1.82, 2.24) is 15.3 Å². The molecule has 0 aliphatic carbocycles. The third kappa shape index (κ3) is 7.28. The van der Waals surface area contributed by atoms with E-state index in [-0.39, 0.29) is 43.7 Å². The smallest absolute Gasteiger partial charge is 0.429 e. The van der Waals surface area contributed by atoms with Crippen molar-refractivity contribution < 1.29 is 36.2 Å². The highest BCUT2D eigenvalue weighted by molar-refractivity contribution is 7.91. The molecule has 3 heterocycles. The summed E-state index contributed by atoms with van der Waals surface area (Å²) in [6, 6.07) is 10.2. The molecule has 3 aromatic rings. The molecule has 10 nitrogen and oxygen atoms in total. The summed E-state index contributed by atoms with van der Waals surface area (Å²) in [4.78, 5) is 21.4. The number of rotatable bonds is 9. The standard InChI is InChI=1S/C30H33ClF3N5O5S/c1-2-12-45(42,43)20-5-3-4-18(13-20)22-14-19(31)6-7-21(22)26(30(32,33)34)44-25-15-24(37-28(35)38-25)39-10-8-29(9-11-39)16-23(27(40)41)36-17-29/h3-7,13-15,23,26,36H,2,8-12,16-17H2,1H3,(H,40,41)(H2,35,37,38). The van der Waals surface area contributed by atoms with Crippen LogP contribution in [-0.2, 0) is 14.6 Å². The number of anilines is 2. The first-order valence-corrected chi connectivity index (χ1v) is 16.4. The van der Waals surface area contributed by atoms with Crippen LogP contribution in [0.15, 0.2) is 53.4 Å². The van der Waals surface area contributed by atoms with E-state index >= 15 is 0 Å². The Labute approximate surface area is 263 Å². The molecule has 5 rings (SSSR count). The number of aliphatic carboxylic acids is 1. The maximum absolute atomic E-state index is 14.7. The molecule has 4 N–H and O–H groups in total. The maximum Gasteiger partial charge on any atom is 0.429 e. The van der Waals surface area contributed by atoms with Gasteiger partial charge in [0.05, 0.1) is 10.6 Å². The van der Waals surface area contributed by atoms with Gasteiger partial charge in [0.1, 0.15) is 11.9 Å². The van der Waals surface area contributed by atoms with Crippen molar-refractivity contribution in [3.8, 4) is 17.0 Å². The zero-order valence-electron chi connectivity index (χ0n) is 24.3. The van der Waals surface area contributed by atoms with Gasteiger partial charge in [-0.25, -0.2) is 8.42 Å². The number of sulfone groups is 1. The number of hydrogen-bond acceptors (Lipinski definition) is 9. The minimum atomic E-state index is -4.91. The minimum Gasteiger partial charge on any atom is -0.480 e. The number of nitrogen functional groups attached to an aromatic ring is 1. The van der Waals surface area contributed by atoms with Crippen molar-refractivity contribution in [2.75, 3.05) is 36.0 Å². The topological polar surface area (TPSA) is 148 Å². The number of aromatic nitrogens is 2. The van der Waals surface area contributed by atoms with Crippen LogP contribution in [0.2, 0.25) is 5.02 Å². The molecular weight excluding hydrogens is 635 g/mol. The van der Waals surface area contributed by atoms with Crippen LogP contribution in [-0.4, -0.2) is 67.1 Å². The van der Waals surface area contributed by atoms with Crippen LogP contribution in [0.3, 0.4) is 0 Å². The summed E-state index contributed by atoms with van der Waals surface area (Å²) in [5, 5.41) is 12.6. The largest absolute Gasteiger partial charge is 0.480 e. The van der Waals surface area contributed by atoms with E-state index in [4.69, 9.17) is 22.1 Å². The number of carboxylic acid groups (broad SMARTS) is 1. The highest BCUT2D eigenvalue weighted by atomic mass is 35.5. The highest BCUT2D eigenvalue weighted by Gasteiger charge is 2.46. The summed E-state index contributed by atoms with van der Waals surface area (Å²) in [7, 11) is -3.65. The van der Waals surface area contributed by atoms with E-state index in [2.05, 4.69) is 15.3 Å². The van der Waals surface area contributed by atoms with Crippen LogP contribution in [0.25, 0.3) is 11.1 Å². The normalized spacial score (nSPS) is 19.0.